The van der Waals surface area contributed by atoms with E-state index in [4.69, 9.17) is 9.47 Å². The Bertz CT molecular complexity index is 659. The number of Topliss-reactive ketones (excluding diaryl/α,β-unsaturated/α-hetero) is 1. The number of ketones is 1. The first-order valence-corrected chi connectivity index (χ1v) is 10.5. The predicted molar refractivity (Wildman–Crippen MR) is 108 cm³/mol. The van der Waals surface area contributed by atoms with Crippen molar-refractivity contribution >= 4 is 11.9 Å². The summed E-state index contributed by atoms with van der Waals surface area (Å²) in [5.74, 6) is 0.672. The lowest BCUT2D eigenvalue weighted by Gasteiger charge is -2.37. The largest absolute Gasteiger partial charge is 0.444 e. The molecule has 1 aromatic carbocycles. The third-order valence-electron chi connectivity index (χ3n) is 5.63. The van der Waals surface area contributed by atoms with Gasteiger partial charge in [0.1, 0.15) is 11.6 Å². The zero-order valence-electron chi connectivity index (χ0n) is 17.4. The van der Waals surface area contributed by atoms with Gasteiger partial charge < -0.3 is 9.47 Å². The molecule has 0 bridgehead atoms. The van der Waals surface area contributed by atoms with Gasteiger partial charge in [-0.3, -0.25) is 9.69 Å². The second kappa shape index (κ2) is 9.08. The van der Waals surface area contributed by atoms with Crippen LogP contribution in [0, 0.1) is 0 Å². The van der Waals surface area contributed by atoms with E-state index in [0.29, 0.717) is 25.3 Å². The van der Waals surface area contributed by atoms with Crippen molar-refractivity contribution in [2.24, 2.45) is 0 Å². The summed E-state index contributed by atoms with van der Waals surface area (Å²) in [5.41, 5.74) is 0.832. The molecule has 0 aromatic heterocycles. The first-order chi connectivity index (χ1) is 13.3. The molecule has 1 aromatic rings. The maximum absolute atomic E-state index is 12.5. The van der Waals surface area contributed by atoms with Crippen LogP contribution in [0.3, 0.4) is 0 Å². The van der Waals surface area contributed by atoms with Gasteiger partial charge in [0.2, 0.25) is 0 Å². The van der Waals surface area contributed by atoms with Gasteiger partial charge in [-0.05, 0) is 64.4 Å². The molecule has 1 unspecified atom stereocenters. The smallest absolute Gasteiger partial charge is 0.410 e. The first kappa shape index (κ1) is 20.8. The maximum Gasteiger partial charge on any atom is 0.410 e. The van der Waals surface area contributed by atoms with E-state index in [1.165, 1.54) is 5.56 Å². The summed E-state index contributed by atoms with van der Waals surface area (Å²) in [6.07, 6.45) is 5.13. The van der Waals surface area contributed by atoms with E-state index in [2.05, 4.69) is 30.3 Å². The standard InChI is InChI=1S/C23H33NO4/c1-23(2,3)28-22(26)24-15-7-10-21(25)20(24)16-27-19-13-11-18(12-14-19)17-8-5-4-6-9-17/h4-6,8-9,18-20H,7,10-16H2,1-3H3/t18-,19+,20?. The van der Waals surface area contributed by atoms with Crippen LogP contribution in [0.2, 0.25) is 0 Å². The fourth-order valence-electron chi connectivity index (χ4n) is 4.16. The molecule has 5 heteroatoms. The van der Waals surface area contributed by atoms with Crippen molar-refractivity contribution in [2.45, 2.75) is 83.0 Å². The Balaban J connectivity index is 1.52. The number of hydrogen-bond donors (Lipinski definition) is 0. The minimum atomic E-state index is -0.571. The van der Waals surface area contributed by atoms with Crippen molar-refractivity contribution in [1.29, 1.82) is 0 Å². The fourth-order valence-corrected chi connectivity index (χ4v) is 4.16. The van der Waals surface area contributed by atoms with Gasteiger partial charge in [-0.15, -0.1) is 0 Å². The molecule has 3 rings (SSSR count). The molecule has 1 saturated carbocycles. The summed E-state index contributed by atoms with van der Waals surface area (Å²) in [6.45, 7) is 6.35. The van der Waals surface area contributed by atoms with Gasteiger partial charge in [0.05, 0.1) is 12.7 Å². The summed E-state index contributed by atoms with van der Waals surface area (Å²) in [4.78, 5) is 26.5. The minimum absolute atomic E-state index is 0.0788. The molecule has 1 aliphatic heterocycles. The highest BCUT2D eigenvalue weighted by Crippen LogP contribution is 2.34. The number of hydrogen-bond acceptors (Lipinski definition) is 4. The van der Waals surface area contributed by atoms with Crippen LogP contribution in [0.1, 0.15) is 70.8 Å². The minimum Gasteiger partial charge on any atom is -0.444 e. The summed E-state index contributed by atoms with van der Waals surface area (Å²) in [5, 5.41) is 0. The summed E-state index contributed by atoms with van der Waals surface area (Å²) < 4.78 is 11.6. The number of amides is 1. The van der Waals surface area contributed by atoms with Gasteiger partial charge in [0.15, 0.2) is 5.78 Å². The van der Waals surface area contributed by atoms with Gasteiger partial charge >= 0.3 is 6.09 Å². The number of benzene rings is 1. The van der Waals surface area contributed by atoms with E-state index in [1.54, 1.807) is 4.90 Å². The Morgan fingerprint density at radius 2 is 1.79 bits per heavy atom. The van der Waals surface area contributed by atoms with Crippen molar-refractivity contribution in [3.05, 3.63) is 35.9 Å². The summed E-state index contributed by atoms with van der Waals surface area (Å²) in [7, 11) is 0. The Morgan fingerprint density at radius 3 is 2.43 bits per heavy atom. The van der Waals surface area contributed by atoms with Crippen molar-refractivity contribution in [3.8, 4) is 0 Å². The quantitative estimate of drug-likeness (QED) is 0.751. The Morgan fingerprint density at radius 1 is 1.11 bits per heavy atom. The number of ether oxygens (including phenoxy) is 2. The lowest BCUT2D eigenvalue weighted by Crippen LogP contribution is -2.53. The molecule has 28 heavy (non-hydrogen) atoms. The van der Waals surface area contributed by atoms with Crippen molar-refractivity contribution < 1.29 is 19.1 Å². The Hall–Kier alpha value is -1.88. The zero-order valence-corrected chi connectivity index (χ0v) is 17.4. The number of carbonyl (C=O) groups is 2. The van der Waals surface area contributed by atoms with E-state index < -0.39 is 17.7 Å². The average Bonchev–Trinajstić information content (AvgIpc) is 2.66. The third-order valence-corrected chi connectivity index (χ3v) is 5.63. The van der Waals surface area contributed by atoms with Crippen LogP contribution in [0.25, 0.3) is 0 Å². The third kappa shape index (κ3) is 5.57. The van der Waals surface area contributed by atoms with Gasteiger partial charge in [-0.25, -0.2) is 4.79 Å². The molecule has 2 fully saturated rings. The Kier molecular flexibility index (Phi) is 6.76. The molecular formula is C23H33NO4. The topological polar surface area (TPSA) is 55.8 Å². The van der Waals surface area contributed by atoms with Gasteiger partial charge in [-0.1, -0.05) is 30.3 Å². The van der Waals surface area contributed by atoms with E-state index in [9.17, 15) is 9.59 Å². The number of nitrogens with zero attached hydrogens (tertiary/aromatic N) is 1. The number of rotatable bonds is 4. The molecule has 1 amide bonds. The van der Waals surface area contributed by atoms with Crippen LogP contribution in [0.4, 0.5) is 4.79 Å². The summed E-state index contributed by atoms with van der Waals surface area (Å²) in [6, 6.07) is 10.1. The second-order valence-corrected chi connectivity index (χ2v) is 8.98. The lowest BCUT2D eigenvalue weighted by molar-refractivity contribution is -0.131. The zero-order chi connectivity index (χ0) is 20.1. The second-order valence-electron chi connectivity index (χ2n) is 8.98. The molecule has 0 radical (unpaired) electrons. The number of carbonyl (C=O) groups excluding carboxylic acids is 2. The van der Waals surface area contributed by atoms with Gasteiger partial charge in [0.25, 0.3) is 0 Å². The van der Waals surface area contributed by atoms with E-state index in [0.717, 1.165) is 25.7 Å². The van der Waals surface area contributed by atoms with Crippen molar-refractivity contribution in [1.82, 2.24) is 4.90 Å². The van der Waals surface area contributed by atoms with Crippen LogP contribution < -0.4 is 0 Å². The molecule has 1 saturated heterocycles. The molecule has 0 N–H and O–H groups in total. The molecule has 5 nitrogen and oxygen atoms in total. The lowest BCUT2D eigenvalue weighted by atomic mass is 9.83. The SMILES string of the molecule is CC(C)(C)OC(=O)N1CCCC(=O)C1CO[C@H]1CC[C@@H](c2ccccc2)CC1. The molecule has 154 valence electrons. The number of likely N-dealkylation sites (tertiary alicyclic amines) is 1. The molecule has 1 heterocycles. The van der Waals surface area contributed by atoms with E-state index in [-0.39, 0.29) is 18.5 Å². The van der Waals surface area contributed by atoms with Crippen molar-refractivity contribution in [2.75, 3.05) is 13.2 Å². The van der Waals surface area contributed by atoms with Crippen LogP contribution in [-0.2, 0) is 14.3 Å². The maximum atomic E-state index is 12.5. The molecule has 1 aliphatic carbocycles. The van der Waals surface area contributed by atoms with Crippen LogP contribution in [-0.4, -0.2) is 47.7 Å². The molecular weight excluding hydrogens is 354 g/mol. The first-order valence-electron chi connectivity index (χ1n) is 10.5. The van der Waals surface area contributed by atoms with Crippen LogP contribution in [0.5, 0.6) is 0 Å². The highest BCUT2D eigenvalue weighted by Gasteiger charge is 2.36. The molecule has 1 atom stereocenters. The van der Waals surface area contributed by atoms with E-state index >= 15 is 0 Å². The fraction of sp³-hybridized carbons (Fsp3) is 0.652. The monoisotopic (exact) mass is 387 g/mol. The normalized spacial score (nSPS) is 26.2. The number of piperidine rings is 1. The average molecular weight is 388 g/mol. The van der Waals surface area contributed by atoms with Gasteiger partial charge in [-0.2, -0.15) is 0 Å². The molecule has 2 aliphatic rings. The summed E-state index contributed by atoms with van der Waals surface area (Å²) >= 11 is 0. The van der Waals surface area contributed by atoms with Crippen LogP contribution >= 0.6 is 0 Å². The van der Waals surface area contributed by atoms with Crippen LogP contribution in [0.15, 0.2) is 30.3 Å². The van der Waals surface area contributed by atoms with Crippen molar-refractivity contribution in [3.63, 3.8) is 0 Å². The predicted octanol–water partition coefficient (Wildman–Crippen LogP) is 4.70. The van der Waals surface area contributed by atoms with E-state index in [1.807, 2.05) is 20.8 Å². The Labute approximate surface area is 168 Å². The highest BCUT2D eigenvalue weighted by molar-refractivity contribution is 5.88. The molecule has 0 spiro atoms. The van der Waals surface area contributed by atoms with Gasteiger partial charge in [0, 0.05) is 13.0 Å². The highest BCUT2D eigenvalue weighted by atomic mass is 16.6.